The highest BCUT2D eigenvalue weighted by atomic mass is 35.5. The zero-order chi connectivity index (χ0) is 24.1. The molecule has 1 fully saturated rings. The van der Waals surface area contributed by atoms with Gasteiger partial charge in [-0.2, -0.15) is 4.68 Å². The average Bonchev–Trinajstić information content (AvgIpc) is 2.87. The van der Waals surface area contributed by atoms with Gasteiger partial charge in [0.15, 0.2) is 0 Å². The van der Waals surface area contributed by atoms with E-state index in [0.29, 0.717) is 60.5 Å². The third-order valence-electron chi connectivity index (χ3n) is 5.97. The van der Waals surface area contributed by atoms with Crippen molar-refractivity contribution in [2.75, 3.05) is 32.2 Å². The van der Waals surface area contributed by atoms with E-state index in [1.165, 1.54) is 10.7 Å². The van der Waals surface area contributed by atoms with E-state index in [-0.39, 0.29) is 17.4 Å². The Balaban J connectivity index is 1.38. The maximum atomic E-state index is 12.8. The van der Waals surface area contributed by atoms with Crippen LogP contribution in [0.15, 0.2) is 59.4 Å². The van der Waals surface area contributed by atoms with Crippen LogP contribution < -0.4 is 25.2 Å². The molecule has 0 atom stereocenters. The molecule has 1 aromatic heterocycles. The standard InChI is InChI=1S/C25H27ClN4O4/c1-33-21-6-7-22(34-2)18(14-21)16-27-25(32)17-10-12-29(13-11-17)23-8-9-24(31)30(28-23)20-5-3-4-19(26)15-20/h3-9,14-15,17H,10-13,16H2,1-2H3,(H,27,32). The molecule has 1 aliphatic rings. The summed E-state index contributed by atoms with van der Waals surface area (Å²) in [6, 6.07) is 15.8. The van der Waals surface area contributed by atoms with Crippen molar-refractivity contribution in [1.29, 1.82) is 0 Å². The van der Waals surface area contributed by atoms with Gasteiger partial charge in [-0.05, 0) is 55.3 Å². The van der Waals surface area contributed by atoms with Gasteiger partial charge >= 0.3 is 0 Å². The van der Waals surface area contributed by atoms with Crippen LogP contribution in [0.25, 0.3) is 5.69 Å². The number of anilines is 1. The normalized spacial score (nSPS) is 14.0. The summed E-state index contributed by atoms with van der Waals surface area (Å²) in [6.45, 7) is 1.70. The number of carbonyl (C=O) groups excluding carboxylic acids is 1. The van der Waals surface area contributed by atoms with Gasteiger partial charge in [0.2, 0.25) is 5.91 Å². The van der Waals surface area contributed by atoms with Crippen molar-refractivity contribution >= 4 is 23.3 Å². The number of nitrogens with zero attached hydrogens (tertiary/aromatic N) is 3. The molecule has 0 saturated carbocycles. The summed E-state index contributed by atoms with van der Waals surface area (Å²) in [4.78, 5) is 27.3. The Labute approximate surface area is 203 Å². The lowest BCUT2D eigenvalue weighted by Gasteiger charge is -2.32. The van der Waals surface area contributed by atoms with E-state index < -0.39 is 0 Å². The van der Waals surface area contributed by atoms with E-state index in [1.54, 1.807) is 44.6 Å². The van der Waals surface area contributed by atoms with E-state index >= 15 is 0 Å². The number of benzene rings is 2. The minimum Gasteiger partial charge on any atom is -0.497 e. The van der Waals surface area contributed by atoms with Gasteiger partial charge in [-0.25, -0.2) is 0 Å². The van der Waals surface area contributed by atoms with Crippen LogP contribution in [0.5, 0.6) is 11.5 Å². The summed E-state index contributed by atoms with van der Waals surface area (Å²) in [7, 11) is 3.21. The summed E-state index contributed by atoms with van der Waals surface area (Å²) >= 11 is 6.07. The number of rotatable bonds is 7. The Morgan fingerprint density at radius 3 is 2.59 bits per heavy atom. The van der Waals surface area contributed by atoms with Crippen molar-refractivity contribution in [1.82, 2.24) is 15.1 Å². The maximum absolute atomic E-state index is 12.8. The molecule has 0 spiro atoms. The van der Waals surface area contributed by atoms with E-state index in [0.717, 1.165) is 5.56 Å². The molecule has 9 heteroatoms. The summed E-state index contributed by atoms with van der Waals surface area (Å²) in [5.41, 5.74) is 1.25. The quantitative estimate of drug-likeness (QED) is 0.555. The molecule has 34 heavy (non-hydrogen) atoms. The van der Waals surface area contributed by atoms with Crippen molar-refractivity contribution < 1.29 is 14.3 Å². The minimum atomic E-state index is -0.228. The highest BCUT2D eigenvalue weighted by molar-refractivity contribution is 6.30. The average molecular weight is 483 g/mol. The predicted octanol–water partition coefficient (Wildman–Crippen LogP) is 3.44. The molecule has 1 amide bonds. The summed E-state index contributed by atoms with van der Waals surface area (Å²) in [6.07, 6.45) is 1.39. The molecule has 0 bridgehead atoms. The second-order valence-electron chi connectivity index (χ2n) is 8.08. The fourth-order valence-corrected chi connectivity index (χ4v) is 4.27. The molecular formula is C25H27ClN4O4. The number of ether oxygens (including phenoxy) is 2. The molecular weight excluding hydrogens is 456 g/mol. The number of carbonyl (C=O) groups is 1. The van der Waals surface area contributed by atoms with Crippen LogP contribution >= 0.6 is 11.6 Å². The molecule has 178 valence electrons. The van der Waals surface area contributed by atoms with Gasteiger partial charge in [0.25, 0.3) is 5.56 Å². The largest absolute Gasteiger partial charge is 0.497 e. The number of hydrogen-bond donors (Lipinski definition) is 1. The second kappa shape index (κ2) is 10.6. The first-order valence-corrected chi connectivity index (χ1v) is 11.5. The molecule has 2 heterocycles. The van der Waals surface area contributed by atoms with Gasteiger partial charge in [0, 0.05) is 42.2 Å². The zero-order valence-corrected chi connectivity index (χ0v) is 19.9. The van der Waals surface area contributed by atoms with Crippen LogP contribution in [0.3, 0.4) is 0 Å². The number of hydrogen-bond acceptors (Lipinski definition) is 6. The monoisotopic (exact) mass is 482 g/mol. The molecule has 1 aliphatic heterocycles. The topological polar surface area (TPSA) is 85.7 Å². The molecule has 2 aromatic carbocycles. The lowest BCUT2D eigenvalue weighted by atomic mass is 9.96. The van der Waals surface area contributed by atoms with Crippen LogP contribution in [0.2, 0.25) is 5.02 Å². The number of amides is 1. The van der Waals surface area contributed by atoms with Crippen molar-refractivity contribution in [2.45, 2.75) is 19.4 Å². The third-order valence-corrected chi connectivity index (χ3v) is 6.20. The smallest absolute Gasteiger partial charge is 0.271 e. The predicted molar refractivity (Wildman–Crippen MR) is 131 cm³/mol. The lowest BCUT2D eigenvalue weighted by molar-refractivity contribution is -0.125. The highest BCUT2D eigenvalue weighted by Gasteiger charge is 2.26. The van der Waals surface area contributed by atoms with Crippen LogP contribution in [-0.4, -0.2) is 43.0 Å². The molecule has 8 nitrogen and oxygen atoms in total. The van der Waals surface area contributed by atoms with Crippen molar-refractivity contribution in [3.63, 3.8) is 0 Å². The highest BCUT2D eigenvalue weighted by Crippen LogP contribution is 2.25. The lowest BCUT2D eigenvalue weighted by Crippen LogP contribution is -2.41. The SMILES string of the molecule is COc1ccc(OC)c(CNC(=O)C2CCN(c3ccc(=O)n(-c4cccc(Cl)c4)n3)CC2)c1. The number of nitrogens with one attached hydrogen (secondary N) is 1. The van der Waals surface area contributed by atoms with Crippen LogP contribution in [0.4, 0.5) is 5.82 Å². The molecule has 0 aliphatic carbocycles. The summed E-state index contributed by atoms with van der Waals surface area (Å²) < 4.78 is 12.0. The van der Waals surface area contributed by atoms with E-state index in [2.05, 4.69) is 15.3 Å². The Kier molecular flexibility index (Phi) is 7.37. The third kappa shape index (κ3) is 5.34. The van der Waals surface area contributed by atoms with Gasteiger partial charge in [0.05, 0.1) is 19.9 Å². The molecule has 3 aromatic rings. The van der Waals surface area contributed by atoms with Gasteiger partial charge in [-0.3, -0.25) is 9.59 Å². The first kappa shape index (κ1) is 23.6. The van der Waals surface area contributed by atoms with Crippen molar-refractivity contribution in [3.8, 4) is 17.2 Å². The molecule has 0 radical (unpaired) electrons. The maximum Gasteiger partial charge on any atom is 0.271 e. The van der Waals surface area contributed by atoms with E-state index in [9.17, 15) is 9.59 Å². The van der Waals surface area contributed by atoms with E-state index in [1.807, 2.05) is 18.2 Å². The van der Waals surface area contributed by atoms with E-state index in [4.69, 9.17) is 21.1 Å². The van der Waals surface area contributed by atoms with Gasteiger partial charge in [0.1, 0.15) is 17.3 Å². The first-order chi connectivity index (χ1) is 16.5. The number of methoxy groups -OCH3 is 2. The van der Waals surface area contributed by atoms with Crippen LogP contribution in [0, 0.1) is 5.92 Å². The first-order valence-electron chi connectivity index (χ1n) is 11.1. The van der Waals surface area contributed by atoms with Crippen molar-refractivity contribution in [2.24, 2.45) is 5.92 Å². The second-order valence-corrected chi connectivity index (χ2v) is 8.51. The fraction of sp³-hybridized carbons (Fsp3) is 0.320. The molecule has 0 unspecified atom stereocenters. The van der Waals surface area contributed by atoms with Crippen LogP contribution in [-0.2, 0) is 11.3 Å². The Morgan fingerprint density at radius 2 is 1.88 bits per heavy atom. The fourth-order valence-electron chi connectivity index (χ4n) is 4.08. The van der Waals surface area contributed by atoms with Crippen LogP contribution in [0.1, 0.15) is 18.4 Å². The summed E-state index contributed by atoms with van der Waals surface area (Å²) in [5.74, 6) is 2.04. The Bertz CT molecular complexity index is 1220. The number of halogens is 1. The molecule has 1 saturated heterocycles. The number of aromatic nitrogens is 2. The number of piperidine rings is 1. The van der Waals surface area contributed by atoms with Gasteiger partial charge in [-0.15, -0.1) is 5.10 Å². The van der Waals surface area contributed by atoms with Gasteiger partial charge < -0.3 is 19.7 Å². The van der Waals surface area contributed by atoms with Crippen molar-refractivity contribution in [3.05, 3.63) is 75.5 Å². The Morgan fingerprint density at radius 1 is 1.09 bits per heavy atom. The zero-order valence-electron chi connectivity index (χ0n) is 19.2. The summed E-state index contributed by atoms with van der Waals surface area (Å²) in [5, 5.41) is 8.10. The minimum absolute atomic E-state index is 0.0152. The molecule has 1 N–H and O–H groups in total. The molecule has 4 rings (SSSR count). The van der Waals surface area contributed by atoms with Gasteiger partial charge in [-0.1, -0.05) is 17.7 Å². The Hall–Kier alpha value is -3.52.